The highest BCUT2D eigenvalue weighted by Crippen LogP contribution is 2.19. The number of amides is 1. The van der Waals surface area contributed by atoms with Gasteiger partial charge in [-0.1, -0.05) is 28.6 Å². The lowest BCUT2D eigenvalue weighted by atomic mass is 10.2. The molecular formula is C14H11ClN6O2S. The third kappa shape index (κ3) is 3.25. The number of fused-ring (bicyclic) bond motifs is 1. The second-order valence-corrected chi connectivity index (χ2v) is 6.34. The Morgan fingerprint density at radius 3 is 3.00 bits per heavy atom. The first-order chi connectivity index (χ1) is 11.6. The van der Waals surface area contributed by atoms with E-state index in [1.54, 1.807) is 24.4 Å². The molecule has 1 saturated heterocycles. The van der Waals surface area contributed by atoms with Crippen molar-refractivity contribution < 1.29 is 4.79 Å². The van der Waals surface area contributed by atoms with Crippen molar-refractivity contribution in [2.24, 2.45) is 4.99 Å². The number of carbonyl (C=O) groups is 1. The van der Waals surface area contributed by atoms with Crippen LogP contribution < -0.4 is 5.56 Å². The standard InChI is InChI=1S/C14H11ClN6O2S/c15-9-2-3-10-11(6-9)18-19-21(13(10)23)5-1-4-20-12(22)7-24-14(20)17-8-16/h2-3,6H,1,4-5,7H2. The summed E-state index contributed by atoms with van der Waals surface area (Å²) in [7, 11) is 0. The van der Waals surface area contributed by atoms with Crippen LogP contribution in [0.25, 0.3) is 10.9 Å². The van der Waals surface area contributed by atoms with Crippen LogP contribution in [-0.2, 0) is 11.3 Å². The van der Waals surface area contributed by atoms with Crippen LogP contribution in [0.2, 0.25) is 5.02 Å². The number of aromatic nitrogens is 3. The number of rotatable bonds is 4. The van der Waals surface area contributed by atoms with Gasteiger partial charge in [0.2, 0.25) is 12.1 Å². The first-order valence-electron chi connectivity index (χ1n) is 7.03. The van der Waals surface area contributed by atoms with Crippen molar-refractivity contribution in [1.29, 1.82) is 5.26 Å². The maximum absolute atomic E-state index is 12.4. The van der Waals surface area contributed by atoms with Crippen LogP contribution in [0.1, 0.15) is 6.42 Å². The predicted molar refractivity (Wildman–Crippen MR) is 90.6 cm³/mol. The van der Waals surface area contributed by atoms with Gasteiger partial charge in [-0.3, -0.25) is 14.5 Å². The van der Waals surface area contributed by atoms with Gasteiger partial charge in [-0.2, -0.15) is 5.26 Å². The van der Waals surface area contributed by atoms with E-state index in [4.69, 9.17) is 16.9 Å². The highest BCUT2D eigenvalue weighted by molar-refractivity contribution is 8.15. The lowest BCUT2D eigenvalue weighted by molar-refractivity contribution is -0.124. The highest BCUT2D eigenvalue weighted by Gasteiger charge is 2.27. The summed E-state index contributed by atoms with van der Waals surface area (Å²) in [6, 6.07) is 4.83. The van der Waals surface area contributed by atoms with Gasteiger partial charge in [-0.15, -0.1) is 10.1 Å². The van der Waals surface area contributed by atoms with Crippen molar-refractivity contribution in [3.63, 3.8) is 0 Å². The fraction of sp³-hybridized carbons (Fsp3) is 0.286. The van der Waals surface area contributed by atoms with Gasteiger partial charge in [0.1, 0.15) is 5.52 Å². The number of hydrogen-bond acceptors (Lipinski definition) is 7. The summed E-state index contributed by atoms with van der Waals surface area (Å²) < 4.78 is 1.25. The molecule has 1 aliphatic rings. The van der Waals surface area contributed by atoms with Crippen LogP contribution >= 0.6 is 23.4 Å². The van der Waals surface area contributed by atoms with Crippen LogP contribution in [0.15, 0.2) is 28.0 Å². The zero-order chi connectivity index (χ0) is 17.1. The molecule has 0 spiro atoms. The summed E-state index contributed by atoms with van der Waals surface area (Å²) >= 11 is 7.10. The molecule has 10 heteroatoms. The summed E-state index contributed by atoms with van der Waals surface area (Å²) in [5.74, 6) is 0.178. The van der Waals surface area contributed by atoms with Crippen molar-refractivity contribution in [3.8, 4) is 6.19 Å². The Labute approximate surface area is 145 Å². The van der Waals surface area contributed by atoms with Crippen molar-refractivity contribution >= 4 is 45.3 Å². The first-order valence-corrected chi connectivity index (χ1v) is 8.39. The van der Waals surface area contributed by atoms with Gasteiger partial charge in [-0.05, 0) is 24.6 Å². The zero-order valence-electron chi connectivity index (χ0n) is 12.3. The summed E-state index contributed by atoms with van der Waals surface area (Å²) in [5.41, 5.74) is 0.183. The van der Waals surface area contributed by atoms with E-state index in [9.17, 15) is 9.59 Å². The number of nitrogens with zero attached hydrogens (tertiary/aromatic N) is 6. The van der Waals surface area contributed by atoms with Crippen molar-refractivity contribution in [2.45, 2.75) is 13.0 Å². The molecule has 0 aliphatic carbocycles. The number of halogens is 1. The Morgan fingerprint density at radius 1 is 1.38 bits per heavy atom. The predicted octanol–water partition coefficient (Wildman–Crippen LogP) is 1.25. The summed E-state index contributed by atoms with van der Waals surface area (Å²) in [6.07, 6.45) is 2.18. The molecule has 0 saturated carbocycles. The number of aliphatic imine (C=N–C) groups is 1. The molecule has 3 rings (SSSR count). The monoisotopic (exact) mass is 362 g/mol. The molecule has 122 valence electrons. The molecule has 0 atom stereocenters. The first kappa shape index (κ1) is 16.4. The smallest absolute Gasteiger partial charge is 0.277 e. The van der Waals surface area contributed by atoms with Gasteiger partial charge in [-0.25, -0.2) is 4.68 Å². The molecule has 8 nitrogen and oxygen atoms in total. The average molecular weight is 363 g/mol. The number of nitriles is 1. The van der Waals surface area contributed by atoms with Gasteiger partial charge in [0.25, 0.3) is 5.56 Å². The van der Waals surface area contributed by atoms with Crippen LogP contribution in [0.5, 0.6) is 0 Å². The fourth-order valence-electron chi connectivity index (χ4n) is 2.32. The van der Waals surface area contributed by atoms with Gasteiger partial charge in [0, 0.05) is 18.1 Å². The van der Waals surface area contributed by atoms with Crippen LogP contribution in [0.3, 0.4) is 0 Å². The molecule has 2 heterocycles. The van der Waals surface area contributed by atoms with Crippen LogP contribution in [0, 0.1) is 11.5 Å². The van der Waals surface area contributed by atoms with E-state index in [1.807, 2.05) is 0 Å². The van der Waals surface area contributed by atoms with E-state index in [1.165, 1.54) is 21.3 Å². The minimum Gasteiger partial charge on any atom is -0.290 e. The Hall–Kier alpha value is -2.44. The molecule has 0 bridgehead atoms. The normalized spacial score (nSPS) is 16.1. The van der Waals surface area contributed by atoms with Gasteiger partial charge in [0.05, 0.1) is 11.1 Å². The van der Waals surface area contributed by atoms with Gasteiger partial charge in [0.15, 0.2) is 5.17 Å². The lowest BCUT2D eigenvalue weighted by Crippen LogP contribution is -2.32. The van der Waals surface area contributed by atoms with Gasteiger partial charge < -0.3 is 0 Å². The molecule has 1 aromatic heterocycles. The molecule has 1 aliphatic heterocycles. The van der Waals surface area contributed by atoms with Crippen molar-refractivity contribution in [3.05, 3.63) is 33.6 Å². The van der Waals surface area contributed by atoms with E-state index >= 15 is 0 Å². The average Bonchev–Trinajstić information content (AvgIpc) is 2.90. The Bertz CT molecular complexity index is 935. The second kappa shape index (κ2) is 6.98. The Balaban J connectivity index is 1.72. The molecule has 0 unspecified atom stereocenters. The van der Waals surface area contributed by atoms with Crippen molar-refractivity contribution in [1.82, 2.24) is 19.9 Å². The number of carbonyl (C=O) groups excluding carboxylic acids is 1. The topological polar surface area (TPSA) is 104 Å². The Morgan fingerprint density at radius 2 is 2.21 bits per heavy atom. The fourth-order valence-corrected chi connectivity index (χ4v) is 3.35. The molecule has 1 fully saturated rings. The number of hydrogen-bond donors (Lipinski definition) is 0. The SMILES string of the molecule is N#CN=C1SCC(=O)N1CCCn1nnc2cc(Cl)ccc2c1=O. The molecule has 0 radical (unpaired) electrons. The molecule has 2 aromatic rings. The number of thioether (sulfide) groups is 1. The molecule has 1 aromatic carbocycles. The summed E-state index contributed by atoms with van der Waals surface area (Å²) in [6.45, 7) is 0.664. The van der Waals surface area contributed by atoms with Crippen molar-refractivity contribution in [2.75, 3.05) is 12.3 Å². The van der Waals surface area contributed by atoms with Crippen LogP contribution in [-0.4, -0.2) is 43.3 Å². The van der Waals surface area contributed by atoms with E-state index in [0.717, 1.165) is 0 Å². The molecular weight excluding hydrogens is 352 g/mol. The Kier molecular flexibility index (Phi) is 4.78. The molecule has 1 amide bonds. The number of aryl methyl sites for hydroxylation is 1. The zero-order valence-corrected chi connectivity index (χ0v) is 13.9. The highest BCUT2D eigenvalue weighted by atomic mass is 35.5. The second-order valence-electron chi connectivity index (χ2n) is 4.96. The van der Waals surface area contributed by atoms with E-state index in [-0.39, 0.29) is 17.2 Å². The molecule has 24 heavy (non-hydrogen) atoms. The maximum atomic E-state index is 12.4. The van der Waals surface area contributed by atoms with E-state index < -0.39 is 0 Å². The van der Waals surface area contributed by atoms with Crippen LogP contribution in [0.4, 0.5) is 0 Å². The third-order valence-corrected chi connectivity index (χ3v) is 4.64. The number of benzene rings is 1. The number of amidine groups is 1. The summed E-state index contributed by atoms with van der Waals surface area (Å²) in [5, 5.41) is 17.8. The largest absolute Gasteiger partial charge is 0.290 e. The third-order valence-electron chi connectivity index (χ3n) is 3.44. The lowest BCUT2D eigenvalue weighted by Gasteiger charge is -2.14. The van der Waals surface area contributed by atoms with E-state index in [0.29, 0.717) is 40.6 Å². The minimum atomic E-state index is -0.260. The maximum Gasteiger partial charge on any atom is 0.277 e. The quantitative estimate of drug-likeness (QED) is 0.758. The minimum absolute atomic E-state index is 0.0967. The molecule has 0 N–H and O–H groups in total. The van der Waals surface area contributed by atoms with Gasteiger partial charge >= 0.3 is 0 Å². The van der Waals surface area contributed by atoms with E-state index in [2.05, 4.69) is 15.3 Å². The summed E-state index contributed by atoms with van der Waals surface area (Å²) in [4.78, 5) is 29.2.